The molecular weight excluding hydrogens is 479 g/mol. The zero-order chi connectivity index (χ0) is 19.5. The summed E-state index contributed by atoms with van der Waals surface area (Å²) in [6.45, 7) is 3.71. The summed E-state index contributed by atoms with van der Waals surface area (Å²) in [6, 6.07) is 14.2. The predicted molar refractivity (Wildman–Crippen MR) is 134 cm³/mol. The van der Waals surface area contributed by atoms with Crippen LogP contribution in [-0.4, -0.2) is 68.7 Å². The molecule has 172 valence electrons. The van der Waals surface area contributed by atoms with Crippen molar-refractivity contribution >= 4 is 53.7 Å². The maximum Gasteiger partial charge on any atom is 0.137 e. The van der Waals surface area contributed by atoms with E-state index in [-0.39, 0.29) is 43.8 Å². The molecule has 0 bridgehead atoms. The van der Waals surface area contributed by atoms with E-state index >= 15 is 0 Å². The molecule has 1 fully saturated rings. The molecule has 3 aromatic rings. The van der Waals surface area contributed by atoms with Crippen LogP contribution in [0.1, 0.15) is 5.69 Å². The van der Waals surface area contributed by atoms with Gasteiger partial charge in [0.25, 0.3) is 0 Å². The molecule has 2 aromatic heterocycles. The van der Waals surface area contributed by atoms with Crippen molar-refractivity contribution in [3.63, 3.8) is 0 Å². The van der Waals surface area contributed by atoms with Gasteiger partial charge in [0.1, 0.15) is 5.65 Å². The maximum absolute atomic E-state index is 11.7. The van der Waals surface area contributed by atoms with Gasteiger partial charge in [-0.15, -0.1) is 37.2 Å². The third-order valence-electron chi connectivity index (χ3n) is 5.28. The highest BCUT2D eigenvalue weighted by Crippen LogP contribution is 2.27. The number of hydrogen-bond acceptors (Lipinski definition) is 5. The van der Waals surface area contributed by atoms with Crippen molar-refractivity contribution < 1.29 is 9.32 Å². The number of aromatic nitrogens is 2. The summed E-state index contributed by atoms with van der Waals surface area (Å²) >= 11 is 0. The monoisotopic (exact) mass is 506 g/mol. The van der Waals surface area contributed by atoms with Crippen LogP contribution in [0.15, 0.2) is 53.6 Å². The number of aliphatic hydroxyl groups excluding tert-OH is 1. The molecule has 6 nitrogen and oxygen atoms in total. The smallest absolute Gasteiger partial charge is 0.137 e. The summed E-state index contributed by atoms with van der Waals surface area (Å²) in [5.74, 6) is 0. The molecule has 1 aliphatic heterocycles. The van der Waals surface area contributed by atoms with E-state index in [1.54, 1.807) is 6.26 Å². The molecular formula is C21H29Cl3N4O2S. The van der Waals surface area contributed by atoms with Gasteiger partial charge in [-0.1, -0.05) is 18.2 Å². The van der Waals surface area contributed by atoms with E-state index in [0.717, 1.165) is 47.9 Å². The number of hydrogen-bond donors (Lipinski definition) is 2. The zero-order valence-corrected chi connectivity index (χ0v) is 20.5. The van der Waals surface area contributed by atoms with E-state index in [9.17, 15) is 9.32 Å². The van der Waals surface area contributed by atoms with Gasteiger partial charge in [0.2, 0.25) is 0 Å². The lowest BCUT2D eigenvalue weighted by Crippen LogP contribution is -2.52. The van der Waals surface area contributed by atoms with E-state index < -0.39 is 10.8 Å². The molecule has 2 atom stereocenters. The summed E-state index contributed by atoms with van der Waals surface area (Å²) in [5, 5.41) is 12.9. The Morgan fingerprint density at radius 1 is 1.16 bits per heavy atom. The van der Waals surface area contributed by atoms with Crippen molar-refractivity contribution in [2.75, 3.05) is 39.0 Å². The average Bonchev–Trinajstić information content (AvgIpc) is 3.07. The van der Waals surface area contributed by atoms with Gasteiger partial charge in [0.05, 0.1) is 18.0 Å². The van der Waals surface area contributed by atoms with Gasteiger partial charge in [0.15, 0.2) is 0 Å². The summed E-state index contributed by atoms with van der Waals surface area (Å²) in [5.41, 5.74) is 4.11. The highest BCUT2D eigenvalue weighted by molar-refractivity contribution is 7.84. The van der Waals surface area contributed by atoms with Gasteiger partial charge in [0, 0.05) is 72.4 Å². The quantitative estimate of drug-likeness (QED) is 0.537. The molecule has 1 aromatic carbocycles. The van der Waals surface area contributed by atoms with Crippen molar-refractivity contribution in [1.82, 2.24) is 19.6 Å². The van der Waals surface area contributed by atoms with Crippen LogP contribution < -0.4 is 5.32 Å². The SMILES string of the molecule is CS(=O)c1ccc(-c2nc3ccccn3c2CC2CN(CCO)CCN2)cc1.Cl.Cl.Cl. The van der Waals surface area contributed by atoms with Crippen molar-refractivity contribution in [2.24, 2.45) is 0 Å². The van der Waals surface area contributed by atoms with Gasteiger partial charge in [-0.05, 0) is 24.3 Å². The Kier molecular flexibility index (Phi) is 11.4. The number of rotatable bonds is 6. The lowest BCUT2D eigenvalue weighted by Gasteiger charge is -2.33. The standard InChI is InChI=1S/C21H26N4O2S.3ClH/c1-28(27)18-7-5-16(6-8-18)21-19(25-10-3-2-4-20(25)23-21)14-17-15-24(12-13-26)11-9-22-17;;;/h2-8,10,17,22,26H,9,11-15H2,1H3;3*1H. The minimum absolute atomic E-state index is 0. The maximum atomic E-state index is 11.7. The molecule has 3 heterocycles. The van der Waals surface area contributed by atoms with Crippen LogP contribution in [0.2, 0.25) is 0 Å². The predicted octanol–water partition coefficient (Wildman–Crippen LogP) is 2.81. The van der Waals surface area contributed by atoms with Gasteiger partial charge in [-0.3, -0.25) is 9.11 Å². The Morgan fingerprint density at radius 2 is 1.90 bits per heavy atom. The molecule has 0 saturated carbocycles. The highest BCUT2D eigenvalue weighted by Gasteiger charge is 2.23. The number of pyridine rings is 1. The van der Waals surface area contributed by atoms with E-state index in [1.807, 2.05) is 42.5 Å². The minimum atomic E-state index is -0.987. The van der Waals surface area contributed by atoms with E-state index in [1.165, 1.54) is 5.69 Å². The van der Waals surface area contributed by atoms with E-state index in [2.05, 4.69) is 20.8 Å². The number of aliphatic hydroxyl groups is 1. The molecule has 2 N–H and O–H groups in total. The summed E-state index contributed by atoms with van der Waals surface area (Å²) in [7, 11) is -0.987. The van der Waals surface area contributed by atoms with Gasteiger partial charge >= 0.3 is 0 Å². The van der Waals surface area contributed by atoms with Crippen molar-refractivity contribution in [1.29, 1.82) is 0 Å². The van der Waals surface area contributed by atoms with Crippen molar-refractivity contribution in [2.45, 2.75) is 17.4 Å². The molecule has 1 saturated heterocycles. The van der Waals surface area contributed by atoms with Gasteiger partial charge in [-0.2, -0.15) is 0 Å². The number of nitrogens with one attached hydrogen (secondary N) is 1. The molecule has 4 rings (SSSR count). The van der Waals surface area contributed by atoms with E-state index in [4.69, 9.17) is 4.98 Å². The zero-order valence-electron chi connectivity index (χ0n) is 17.3. The third kappa shape index (κ3) is 6.42. The topological polar surface area (TPSA) is 69.9 Å². The summed E-state index contributed by atoms with van der Waals surface area (Å²) < 4.78 is 13.9. The second-order valence-corrected chi connectivity index (χ2v) is 8.57. The van der Waals surface area contributed by atoms with Gasteiger partial charge in [-0.25, -0.2) is 4.98 Å². The largest absolute Gasteiger partial charge is 0.395 e. The second kappa shape index (κ2) is 12.7. The number of imidazole rings is 1. The lowest BCUT2D eigenvalue weighted by molar-refractivity contribution is 0.156. The Hall–Kier alpha value is -1.19. The van der Waals surface area contributed by atoms with Crippen LogP contribution in [0.25, 0.3) is 16.9 Å². The van der Waals surface area contributed by atoms with Crippen LogP contribution >= 0.6 is 37.2 Å². The molecule has 2 unspecified atom stereocenters. The fraction of sp³-hybridized carbons (Fsp3) is 0.381. The highest BCUT2D eigenvalue weighted by atomic mass is 35.5. The lowest BCUT2D eigenvalue weighted by atomic mass is 10.0. The van der Waals surface area contributed by atoms with Crippen LogP contribution in [-0.2, 0) is 17.2 Å². The molecule has 0 radical (unpaired) electrons. The first-order chi connectivity index (χ1) is 13.7. The van der Waals surface area contributed by atoms with Crippen molar-refractivity contribution in [3.05, 3.63) is 54.4 Å². The molecule has 0 amide bonds. The first kappa shape index (κ1) is 27.8. The molecule has 0 spiro atoms. The number of fused-ring (bicyclic) bond motifs is 1. The molecule has 10 heteroatoms. The fourth-order valence-electron chi connectivity index (χ4n) is 3.89. The normalized spacial score (nSPS) is 17.3. The van der Waals surface area contributed by atoms with Gasteiger partial charge < -0.3 is 14.8 Å². The van der Waals surface area contributed by atoms with Crippen LogP contribution in [0.5, 0.6) is 0 Å². The van der Waals surface area contributed by atoms with Crippen molar-refractivity contribution in [3.8, 4) is 11.3 Å². The molecule has 1 aliphatic rings. The third-order valence-corrected chi connectivity index (χ3v) is 6.22. The number of halogens is 3. The minimum Gasteiger partial charge on any atom is -0.395 e. The Labute approximate surface area is 204 Å². The first-order valence-corrected chi connectivity index (χ1v) is 11.2. The van der Waals surface area contributed by atoms with Crippen LogP contribution in [0.3, 0.4) is 0 Å². The van der Waals surface area contributed by atoms with Crippen LogP contribution in [0, 0.1) is 0 Å². The van der Waals surface area contributed by atoms with Crippen LogP contribution in [0.4, 0.5) is 0 Å². The first-order valence-electron chi connectivity index (χ1n) is 9.62. The van der Waals surface area contributed by atoms with E-state index in [0.29, 0.717) is 12.6 Å². The molecule has 0 aliphatic carbocycles. The average molecular weight is 508 g/mol. The fourth-order valence-corrected chi connectivity index (χ4v) is 4.41. The summed E-state index contributed by atoms with van der Waals surface area (Å²) in [4.78, 5) is 8.01. The Morgan fingerprint density at radius 3 is 2.58 bits per heavy atom. The summed E-state index contributed by atoms with van der Waals surface area (Å²) in [6.07, 6.45) is 4.60. The number of nitrogens with zero attached hydrogens (tertiary/aromatic N) is 3. The molecule has 31 heavy (non-hydrogen) atoms. The number of β-amino-alcohol motifs (C(OH)–C–C–N with tert-alkyl or cyclic N) is 1. The Bertz CT molecular complexity index is 982. The number of piperazine rings is 1. The number of benzene rings is 1. The Balaban J connectivity index is 0.00000160. The second-order valence-electron chi connectivity index (χ2n) is 7.19.